The largest absolute Gasteiger partial charge is 0.483 e. The number of halogens is 1. The van der Waals surface area contributed by atoms with Crippen LogP contribution in [0.4, 0.5) is 5.82 Å². The average molecular weight is 567 g/mol. The number of aryl methyl sites for hydroxylation is 1. The Balaban J connectivity index is 1.31. The Hall–Kier alpha value is -3.89. The molecule has 1 saturated heterocycles. The first-order valence-corrected chi connectivity index (χ1v) is 13.8. The second-order valence-electron chi connectivity index (χ2n) is 9.73. The molecule has 1 atom stereocenters. The number of benzene rings is 2. The Morgan fingerprint density at radius 3 is 2.77 bits per heavy atom. The molecule has 0 radical (unpaired) electrons. The lowest BCUT2D eigenvalue weighted by Gasteiger charge is -2.23. The van der Waals surface area contributed by atoms with Crippen LogP contribution in [0.5, 0.6) is 5.75 Å². The molecule has 40 heavy (non-hydrogen) atoms. The summed E-state index contributed by atoms with van der Waals surface area (Å²) in [6.07, 6.45) is 4.25. The third kappa shape index (κ3) is 8.56. The summed E-state index contributed by atoms with van der Waals surface area (Å²) in [4.78, 5) is 42.4. The van der Waals surface area contributed by atoms with Gasteiger partial charge in [0.25, 0.3) is 11.5 Å². The molecule has 2 aromatic carbocycles. The van der Waals surface area contributed by atoms with E-state index in [0.717, 1.165) is 37.9 Å². The Morgan fingerprint density at radius 1 is 1.18 bits per heavy atom. The van der Waals surface area contributed by atoms with E-state index in [9.17, 15) is 14.4 Å². The predicted molar refractivity (Wildman–Crippen MR) is 155 cm³/mol. The first-order chi connectivity index (χ1) is 19.4. The number of ether oxygens (including phenoxy) is 1. The van der Waals surface area contributed by atoms with Crippen molar-refractivity contribution in [2.45, 2.75) is 45.3 Å². The summed E-state index contributed by atoms with van der Waals surface area (Å²) in [5, 5.41) is 12.6. The quantitative estimate of drug-likeness (QED) is 0.265. The van der Waals surface area contributed by atoms with Crippen molar-refractivity contribution in [3.63, 3.8) is 0 Å². The molecule has 212 valence electrons. The second-order valence-corrected chi connectivity index (χ2v) is 10.2. The Bertz CT molecular complexity index is 1360. The molecule has 4 rings (SSSR count). The number of amides is 2. The highest BCUT2D eigenvalue weighted by Crippen LogP contribution is 2.23. The monoisotopic (exact) mass is 566 g/mol. The number of hydrogen-bond donors (Lipinski definition) is 4. The summed E-state index contributed by atoms with van der Waals surface area (Å²) in [5.74, 6) is 0.0744. The van der Waals surface area contributed by atoms with Gasteiger partial charge in [-0.05, 0) is 56.5 Å². The van der Waals surface area contributed by atoms with Gasteiger partial charge in [0.15, 0.2) is 12.4 Å². The van der Waals surface area contributed by atoms with Gasteiger partial charge in [-0.1, -0.05) is 41.9 Å². The van der Waals surface area contributed by atoms with Crippen LogP contribution in [-0.4, -0.2) is 53.6 Å². The van der Waals surface area contributed by atoms with Gasteiger partial charge in [-0.2, -0.15) is 0 Å². The van der Waals surface area contributed by atoms with Crippen LogP contribution in [0.2, 0.25) is 5.02 Å². The summed E-state index contributed by atoms with van der Waals surface area (Å²) in [6.45, 7) is 3.77. The van der Waals surface area contributed by atoms with E-state index in [2.05, 4.69) is 26.3 Å². The van der Waals surface area contributed by atoms with Gasteiger partial charge < -0.3 is 26.0 Å². The number of hydrogen-bond acceptors (Lipinski definition) is 7. The average Bonchev–Trinajstić information content (AvgIpc) is 2.96. The highest BCUT2D eigenvalue weighted by molar-refractivity contribution is 6.30. The summed E-state index contributed by atoms with van der Waals surface area (Å²) >= 11 is 6.18. The minimum absolute atomic E-state index is 0.0912. The molecule has 1 aliphatic heterocycles. The highest BCUT2D eigenvalue weighted by Gasteiger charge is 2.17. The molecule has 10 nitrogen and oxygen atoms in total. The van der Waals surface area contributed by atoms with Crippen LogP contribution in [0.25, 0.3) is 0 Å². The summed E-state index contributed by atoms with van der Waals surface area (Å²) < 4.78 is 7.14. The summed E-state index contributed by atoms with van der Waals surface area (Å²) in [6, 6.07) is 15.0. The molecule has 2 heterocycles. The number of rotatable bonds is 12. The van der Waals surface area contributed by atoms with Gasteiger partial charge in [-0.15, -0.1) is 0 Å². The van der Waals surface area contributed by atoms with Crippen molar-refractivity contribution < 1.29 is 14.3 Å². The van der Waals surface area contributed by atoms with Crippen molar-refractivity contribution in [2.24, 2.45) is 0 Å². The van der Waals surface area contributed by atoms with Crippen molar-refractivity contribution in [2.75, 3.05) is 31.6 Å². The lowest BCUT2D eigenvalue weighted by Crippen LogP contribution is -2.47. The lowest BCUT2D eigenvalue weighted by molar-refractivity contribution is -0.124. The van der Waals surface area contributed by atoms with Gasteiger partial charge >= 0.3 is 0 Å². The fourth-order valence-electron chi connectivity index (χ4n) is 4.47. The van der Waals surface area contributed by atoms with E-state index in [1.54, 1.807) is 31.3 Å². The Kier molecular flexibility index (Phi) is 10.5. The zero-order chi connectivity index (χ0) is 28.3. The maximum Gasteiger partial charge on any atom is 0.293 e. The molecule has 0 saturated carbocycles. The zero-order valence-electron chi connectivity index (χ0n) is 22.5. The van der Waals surface area contributed by atoms with Crippen LogP contribution in [0.1, 0.15) is 29.7 Å². The Labute approximate surface area is 238 Å². The van der Waals surface area contributed by atoms with Gasteiger partial charge in [0.1, 0.15) is 12.3 Å². The van der Waals surface area contributed by atoms with Gasteiger partial charge in [0.05, 0.1) is 0 Å². The molecule has 4 N–H and O–H groups in total. The molecule has 1 unspecified atom stereocenters. The van der Waals surface area contributed by atoms with E-state index in [1.807, 2.05) is 30.3 Å². The van der Waals surface area contributed by atoms with Gasteiger partial charge in [0.2, 0.25) is 5.91 Å². The molecule has 0 spiro atoms. The van der Waals surface area contributed by atoms with Gasteiger partial charge in [0, 0.05) is 48.2 Å². The maximum atomic E-state index is 13.0. The lowest BCUT2D eigenvalue weighted by atomic mass is 10.1. The van der Waals surface area contributed by atoms with Crippen LogP contribution >= 0.6 is 11.6 Å². The number of carbonyl (C=O) groups is 2. The number of carbonyl (C=O) groups excluding carboxylic acids is 2. The zero-order valence-corrected chi connectivity index (χ0v) is 23.3. The van der Waals surface area contributed by atoms with E-state index in [4.69, 9.17) is 16.3 Å². The van der Waals surface area contributed by atoms with Crippen molar-refractivity contribution in [1.82, 2.24) is 25.5 Å². The topological polar surface area (TPSA) is 126 Å². The number of nitrogens with one attached hydrogen (secondary N) is 4. The minimum Gasteiger partial charge on any atom is -0.483 e. The van der Waals surface area contributed by atoms with Gasteiger partial charge in [-0.3, -0.25) is 19.0 Å². The van der Waals surface area contributed by atoms with Crippen LogP contribution in [-0.2, 0) is 29.1 Å². The fraction of sp³-hybridized carbons (Fsp3) is 0.379. The van der Waals surface area contributed by atoms with E-state index in [-0.39, 0.29) is 48.9 Å². The minimum atomic E-state index is -0.367. The third-order valence-electron chi connectivity index (χ3n) is 6.62. The maximum absolute atomic E-state index is 13.0. The van der Waals surface area contributed by atoms with Crippen LogP contribution in [0.15, 0.2) is 59.5 Å². The number of nitrogens with zero attached hydrogens (tertiary/aromatic N) is 2. The van der Waals surface area contributed by atoms with E-state index in [0.29, 0.717) is 28.6 Å². The molecule has 1 aliphatic rings. The number of anilines is 1. The van der Waals surface area contributed by atoms with Crippen molar-refractivity contribution in [3.8, 4) is 5.75 Å². The molecule has 11 heteroatoms. The van der Waals surface area contributed by atoms with Crippen LogP contribution < -0.4 is 31.6 Å². The summed E-state index contributed by atoms with van der Waals surface area (Å²) in [7, 11) is 0. The van der Waals surface area contributed by atoms with Crippen molar-refractivity contribution in [3.05, 3.63) is 86.9 Å². The molecule has 3 aromatic rings. The molecule has 0 bridgehead atoms. The molecule has 2 amide bonds. The molecule has 0 aliphatic carbocycles. The van der Waals surface area contributed by atoms with Crippen molar-refractivity contribution in [1.29, 1.82) is 0 Å². The highest BCUT2D eigenvalue weighted by atomic mass is 35.5. The van der Waals surface area contributed by atoms with E-state index < -0.39 is 0 Å². The summed E-state index contributed by atoms with van der Waals surface area (Å²) in [5.41, 5.74) is 1.97. The molecular weight excluding hydrogens is 532 g/mol. The van der Waals surface area contributed by atoms with E-state index in [1.165, 1.54) is 4.57 Å². The number of piperidine rings is 1. The predicted octanol–water partition coefficient (Wildman–Crippen LogP) is 2.42. The first kappa shape index (κ1) is 29.1. The molecule has 1 fully saturated rings. The number of aromatic nitrogens is 2. The SMILES string of the molecule is Cc1cnc(NCCc2ccccc2)c(=O)n1CC(=O)NCc1cc(Cl)ccc1OCC(=O)NC1CCCNC1. The fourth-order valence-corrected chi connectivity index (χ4v) is 4.66. The van der Waals surface area contributed by atoms with Gasteiger partial charge in [-0.25, -0.2) is 4.98 Å². The van der Waals surface area contributed by atoms with Crippen LogP contribution in [0, 0.1) is 6.92 Å². The first-order valence-electron chi connectivity index (χ1n) is 13.4. The smallest absolute Gasteiger partial charge is 0.293 e. The van der Waals surface area contributed by atoms with Crippen molar-refractivity contribution >= 4 is 29.2 Å². The van der Waals surface area contributed by atoms with E-state index >= 15 is 0 Å². The standard InChI is InChI=1S/C29H35ClN6O4/c1-20-15-34-28(32-13-11-21-6-3-2-4-7-21)29(39)36(20)18-26(37)33-16-22-14-23(30)9-10-25(22)40-19-27(38)35-24-8-5-12-31-17-24/h2-4,6-7,9-10,14-15,24,31H,5,8,11-13,16-19H2,1H3,(H,32,34)(H,33,37)(H,35,38). The third-order valence-corrected chi connectivity index (χ3v) is 6.86. The molecular formula is C29H35ClN6O4. The Morgan fingerprint density at radius 2 is 2.00 bits per heavy atom. The van der Waals surface area contributed by atoms with Crippen LogP contribution in [0.3, 0.4) is 0 Å². The second kappa shape index (κ2) is 14.5. The molecule has 1 aromatic heterocycles. The normalized spacial score (nSPS) is 14.8.